The predicted molar refractivity (Wildman–Crippen MR) is 74.8 cm³/mol. The molecule has 2 aromatic heterocycles. The molecule has 0 unspecified atom stereocenters. The van der Waals surface area contributed by atoms with Gasteiger partial charge in [-0.3, -0.25) is 0 Å². The van der Waals surface area contributed by atoms with E-state index in [0.29, 0.717) is 32.5 Å². The number of benzene rings is 2. The van der Waals surface area contributed by atoms with Crippen LogP contribution in [0.4, 0.5) is 0 Å². The van der Waals surface area contributed by atoms with Gasteiger partial charge >= 0.3 is 5.63 Å². The van der Waals surface area contributed by atoms with E-state index >= 15 is 0 Å². The summed E-state index contributed by atoms with van der Waals surface area (Å²) in [6.45, 7) is 0. The highest BCUT2D eigenvalue weighted by atomic mass is 35.5. The third-order valence-corrected chi connectivity index (χ3v) is 3.42. The van der Waals surface area contributed by atoms with E-state index in [4.69, 9.17) is 20.4 Å². The van der Waals surface area contributed by atoms with E-state index in [9.17, 15) is 4.79 Å². The van der Waals surface area contributed by atoms with Crippen molar-refractivity contribution in [2.75, 3.05) is 0 Å². The molecule has 0 saturated heterocycles. The third-order valence-electron chi connectivity index (χ3n) is 3.19. The lowest BCUT2D eigenvalue weighted by Gasteiger charge is -1.95. The summed E-state index contributed by atoms with van der Waals surface area (Å²) in [6, 6.07) is 12.5. The van der Waals surface area contributed by atoms with Crippen LogP contribution in [-0.4, -0.2) is 0 Å². The largest absolute Gasteiger partial charge is 0.455 e. The molecule has 2 aromatic carbocycles. The molecular formula is C15H7ClO3. The molecule has 4 aromatic rings. The second kappa shape index (κ2) is 3.62. The Bertz CT molecular complexity index is 995. The van der Waals surface area contributed by atoms with Crippen LogP contribution in [0.3, 0.4) is 0 Å². The van der Waals surface area contributed by atoms with Crippen LogP contribution in [-0.2, 0) is 0 Å². The zero-order chi connectivity index (χ0) is 13.0. The molecule has 2 heterocycles. The lowest BCUT2D eigenvalue weighted by molar-refractivity contribution is 0.567. The molecule has 0 aliphatic carbocycles. The number of hydrogen-bond donors (Lipinski definition) is 0. The summed E-state index contributed by atoms with van der Waals surface area (Å²) in [5.74, 6) is 0. The Morgan fingerprint density at radius 1 is 0.895 bits per heavy atom. The lowest BCUT2D eigenvalue weighted by atomic mass is 10.1. The van der Waals surface area contributed by atoms with E-state index in [0.717, 1.165) is 5.39 Å². The van der Waals surface area contributed by atoms with Gasteiger partial charge in [-0.2, -0.15) is 0 Å². The maximum atomic E-state index is 12.1. The molecule has 0 N–H and O–H groups in total. The average Bonchev–Trinajstić information content (AvgIpc) is 2.78. The zero-order valence-corrected chi connectivity index (χ0v) is 10.4. The molecule has 0 fully saturated rings. The molecule has 0 aliphatic heterocycles. The van der Waals surface area contributed by atoms with Gasteiger partial charge in [-0.25, -0.2) is 4.79 Å². The standard InChI is InChI=1S/C15H7ClO3/c16-8-5-6-12-10(7-8)13-14(18-12)9-3-1-2-4-11(9)19-15(13)17/h1-7H. The van der Waals surface area contributed by atoms with Crippen LogP contribution in [0.1, 0.15) is 0 Å². The number of halogens is 1. The Hall–Kier alpha value is -2.26. The Kier molecular flexibility index (Phi) is 2.03. The second-order valence-electron chi connectivity index (χ2n) is 4.33. The minimum absolute atomic E-state index is 0.408. The molecule has 0 saturated carbocycles. The van der Waals surface area contributed by atoms with E-state index in [1.807, 2.05) is 18.2 Å². The molecule has 3 nitrogen and oxygen atoms in total. The molecule has 4 rings (SSSR count). The van der Waals surface area contributed by atoms with Crippen LogP contribution >= 0.6 is 11.6 Å². The molecule has 0 bridgehead atoms. The van der Waals surface area contributed by atoms with Gasteiger partial charge < -0.3 is 8.83 Å². The topological polar surface area (TPSA) is 43.4 Å². The fraction of sp³-hybridized carbons (Fsp3) is 0. The number of rotatable bonds is 0. The van der Waals surface area contributed by atoms with Crippen molar-refractivity contribution in [3.8, 4) is 0 Å². The summed E-state index contributed by atoms with van der Waals surface area (Å²) in [7, 11) is 0. The van der Waals surface area contributed by atoms with Crippen LogP contribution in [0, 0.1) is 0 Å². The summed E-state index contributed by atoms with van der Waals surface area (Å²) in [5.41, 5.74) is 1.28. The monoisotopic (exact) mass is 270 g/mol. The summed E-state index contributed by atoms with van der Waals surface area (Å²) in [6.07, 6.45) is 0. The fourth-order valence-corrected chi connectivity index (χ4v) is 2.53. The number of hydrogen-bond acceptors (Lipinski definition) is 3. The smallest absolute Gasteiger partial charge is 0.348 e. The van der Waals surface area contributed by atoms with Gasteiger partial charge in [0.25, 0.3) is 0 Å². The first-order valence-electron chi connectivity index (χ1n) is 5.77. The van der Waals surface area contributed by atoms with Gasteiger partial charge in [0.1, 0.15) is 16.6 Å². The first kappa shape index (κ1) is 10.6. The Balaban J connectivity index is 2.38. The van der Waals surface area contributed by atoms with Crippen molar-refractivity contribution in [1.29, 1.82) is 0 Å². The highest BCUT2D eigenvalue weighted by Gasteiger charge is 2.15. The van der Waals surface area contributed by atoms with E-state index in [1.54, 1.807) is 24.3 Å². The molecule has 92 valence electrons. The van der Waals surface area contributed by atoms with Crippen LogP contribution in [0.15, 0.2) is 56.1 Å². The molecular weight excluding hydrogens is 264 g/mol. The van der Waals surface area contributed by atoms with Gasteiger partial charge in [-0.1, -0.05) is 23.7 Å². The molecule has 4 heteroatoms. The number of fused-ring (bicyclic) bond motifs is 5. The SMILES string of the molecule is O=c1oc2ccccc2c2oc3ccc(Cl)cc3c12. The first-order chi connectivity index (χ1) is 9.24. The van der Waals surface area contributed by atoms with Crippen molar-refractivity contribution in [1.82, 2.24) is 0 Å². The molecule has 0 amide bonds. The first-order valence-corrected chi connectivity index (χ1v) is 6.15. The summed E-state index contributed by atoms with van der Waals surface area (Å²) >= 11 is 5.97. The predicted octanol–water partition coefficient (Wildman–Crippen LogP) is 4.35. The van der Waals surface area contributed by atoms with E-state index in [1.165, 1.54) is 0 Å². The van der Waals surface area contributed by atoms with Gasteiger partial charge in [0, 0.05) is 10.4 Å². The minimum Gasteiger partial charge on any atom is -0.455 e. The van der Waals surface area contributed by atoms with Crippen LogP contribution in [0.2, 0.25) is 5.02 Å². The van der Waals surface area contributed by atoms with Gasteiger partial charge in [-0.05, 0) is 30.3 Å². The van der Waals surface area contributed by atoms with Crippen molar-refractivity contribution in [2.45, 2.75) is 0 Å². The lowest BCUT2D eigenvalue weighted by Crippen LogP contribution is -1.97. The summed E-state index contributed by atoms with van der Waals surface area (Å²) in [5, 5.41) is 2.46. The minimum atomic E-state index is -0.408. The number of furan rings is 1. The molecule has 0 aliphatic rings. The van der Waals surface area contributed by atoms with Crippen molar-refractivity contribution < 1.29 is 8.83 Å². The Morgan fingerprint density at radius 3 is 2.58 bits per heavy atom. The van der Waals surface area contributed by atoms with E-state index < -0.39 is 5.63 Å². The normalized spacial score (nSPS) is 11.6. The van der Waals surface area contributed by atoms with Gasteiger partial charge in [0.05, 0.1) is 5.39 Å². The zero-order valence-electron chi connectivity index (χ0n) is 9.64. The maximum absolute atomic E-state index is 12.1. The highest BCUT2D eigenvalue weighted by molar-refractivity contribution is 6.31. The van der Waals surface area contributed by atoms with Crippen molar-refractivity contribution >= 4 is 44.5 Å². The van der Waals surface area contributed by atoms with Crippen LogP contribution in [0.25, 0.3) is 32.9 Å². The van der Waals surface area contributed by atoms with Gasteiger partial charge in [0.2, 0.25) is 0 Å². The van der Waals surface area contributed by atoms with E-state index in [2.05, 4.69) is 0 Å². The summed E-state index contributed by atoms with van der Waals surface area (Å²) < 4.78 is 11.1. The number of para-hydroxylation sites is 1. The Labute approximate surface area is 112 Å². The van der Waals surface area contributed by atoms with Gasteiger partial charge in [-0.15, -0.1) is 0 Å². The molecule has 19 heavy (non-hydrogen) atoms. The Morgan fingerprint density at radius 2 is 1.68 bits per heavy atom. The van der Waals surface area contributed by atoms with Gasteiger partial charge in [0.15, 0.2) is 5.58 Å². The second-order valence-corrected chi connectivity index (χ2v) is 4.77. The quantitative estimate of drug-likeness (QED) is 0.446. The average molecular weight is 271 g/mol. The van der Waals surface area contributed by atoms with E-state index in [-0.39, 0.29) is 0 Å². The molecule has 0 atom stereocenters. The highest BCUT2D eigenvalue weighted by Crippen LogP contribution is 2.32. The van der Waals surface area contributed by atoms with Crippen LogP contribution < -0.4 is 5.63 Å². The van der Waals surface area contributed by atoms with Crippen molar-refractivity contribution in [2.24, 2.45) is 0 Å². The molecule has 0 radical (unpaired) electrons. The third kappa shape index (κ3) is 1.42. The fourth-order valence-electron chi connectivity index (χ4n) is 2.36. The summed E-state index contributed by atoms with van der Waals surface area (Å²) in [4.78, 5) is 12.1. The van der Waals surface area contributed by atoms with Crippen molar-refractivity contribution in [3.05, 3.63) is 57.9 Å². The maximum Gasteiger partial charge on any atom is 0.348 e. The van der Waals surface area contributed by atoms with Crippen molar-refractivity contribution in [3.63, 3.8) is 0 Å². The van der Waals surface area contributed by atoms with Crippen LogP contribution in [0.5, 0.6) is 0 Å². The molecule has 0 spiro atoms.